The minimum atomic E-state index is -0.310. The number of hydrogen-bond acceptors (Lipinski definition) is 7. The molecule has 0 aliphatic carbocycles. The zero-order valence-electron chi connectivity index (χ0n) is 24.0. The van der Waals surface area contributed by atoms with Crippen LogP contribution in [0.5, 0.6) is 17.2 Å². The number of ketones is 2. The molecule has 0 atom stereocenters. The van der Waals surface area contributed by atoms with E-state index in [1.807, 2.05) is 31.2 Å². The fraction of sp³-hybridized carbons (Fsp3) is 0.222. The van der Waals surface area contributed by atoms with E-state index >= 15 is 0 Å². The van der Waals surface area contributed by atoms with Crippen LogP contribution in [0, 0.1) is 6.92 Å². The Labute approximate surface area is 254 Å². The van der Waals surface area contributed by atoms with Crippen molar-refractivity contribution in [3.8, 4) is 27.7 Å². The molecule has 43 heavy (non-hydrogen) atoms. The fourth-order valence-corrected chi connectivity index (χ4v) is 7.01. The monoisotopic (exact) mass is 591 g/mol. The summed E-state index contributed by atoms with van der Waals surface area (Å²) >= 11 is 1.29. The van der Waals surface area contributed by atoms with Crippen molar-refractivity contribution >= 4 is 33.0 Å². The lowest BCUT2D eigenvalue weighted by Crippen LogP contribution is -2.33. The molecule has 6 nitrogen and oxygen atoms in total. The van der Waals surface area contributed by atoms with E-state index in [1.165, 1.54) is 36.7 Å². The highest BCUT2D eigenvalue weighted by atomic mass is 32.1. The third-order valence-electron chi connectivity index (χ3n) is 7.94. The fourth-order valence-electron chi connectivity index (χ4n) is 5.66. The third-order valence-corrected chi connectivity index (χ3v) is 9.21. The minimum Gasteiger partial charge on any atom is -0.508 e. The van der Waals surface area contributed by atoms with Gasteiger partial charge in [0.15, 0.2) is 11.6 Å². The first-order valence-electron chi connectivity index (χ1n) is 14.6. The first-order valence-corrected chi connectivity index (χ1v) is 15.4. The number of likely N-dealkylation sites (tertiary alicyclic amines) is 1. The lowest BCUT2D eigenvalue weighted by molar-refractivity contribution is 0.103. The zero-order valence-corrected chi connectivity index (χ0v) is 24.8. The zero-order chi connectivity index (χ0) is 29.9. The summed E-state index contributed by atoms with van der Waals surface area (Å²) in [5.74, 6) is 0.173. The topological polar surface area (TPSA) is 87.1 Å². The van der Waals surface area contributed by atoms with Crippen LogP contribution in [0.15, 0.2) is 84.9 Å². The predicted octanol–water partition coefficient (Wildman–Crippen LogP) is 7.61. The number of hydrogen-bond donors (Lipinski definition) is 2. The Morgan fingerprint density at radius 1 is 0.814 bits per heavy atom. The van der Waals surface area contributed by atoms with E-state index in [0.29, 0.717) is 44.0 Å². The van der Waals surface area contributed by atoms with E-state index in [0.717, 1.165) is 30.8 Å². The van der Waals surface area contributed by atoms with Gasteiger partial charge in [0, 0.05) is 33.5 Å². The number of thiophene rings is 1. The molecule has 1 aliphatic rings. The Kier molecular flexibility index (Phi) is 8.27. The Balaban J connectivity index is 1.37. The first-order chi connectivity index (χ1) is 20.9. The van der Waals surface area contributed by atoms with Gasteiger partial charge < -0.3 is 14.9 Å². The number of carbonyl (C=O) groups excluding carboxylic acids is 2. The molecule has 1 aliphatic heterocycles. The predicted molar refractivity (Wildman–Crippen MR) is 171 cm³/mol. The molecule has 4 aromatic carbocycles. The highest BCUT2D eigenvalue weighted by molar-refractivity contribution is 7.23. The molecule has 218 valence electrons. The van der Waals surface area contributed by atoms with E-state index in [9.17, 15) is 19.8 Å². The van der Waals surface area contributed by atoms with Crippen LogP contribution in [-0.4, -0.2) is 52.9 Å². The number of aromatic hydroxyl groups is 2. The van der Waals surface area contributed by atoms with Gasteiger partial charge in [0.05, 0.1) is 10.3 Å². The average molecular weight is 592 g/mol. The summed E-state index contributed by atoms with van der Waals surface area (Å²) in [7, 11) is 0. The molecular weight excluding hydrogens is 558 g/mol. The maximum absolute atomic E-state index is 14.2. The van der Waals surface area contributed by atoms with Crippen molar-refractivity contribution in [3.63, 3.8) is 0 Å². The van der Waals surface area contributed by atoms with Gasteiger partial charge in [-0.2, -0.15) is 0 Å². The van der Waals surface area contributed by atoms with Crippen LogP contribution in [0.1, 0.15) is 56.7 Å². The van der Waals surface area contributed by atoms with Gasteiger partial charge in [-0.25, -0.2) is 0 Å². The van der Waals surface area contributed by atoms with Gasteiger partial charge in [-0.15, -0.1) is 11.3 Å². The van der Waals surface area contributed by atoms with Crippen molar-refractivity contribution in [1.82, 2.24) is 4.90 Å². The second-order valence-electron chi connectivity index (χ2n) is 11.0. The Morgan fingerprint density at radius 2 is 1.53 bits per heavy atom. The largest absolute Gasteiger partial charge is 0.508 e. The molecule has 0 bridgehead atoms. The standard InChI is InChI=1S/C36H33NO5S/c1-23-6-5-7-26(22-23)34(41)32-30(39)17-16-29-31(35(43-36(29)32)25-8-12-27(38)13-9-25)33(40)24-10-14-28(15-11-24)42-21-20-37-18-3-2-4-19-37/h5-17,22,38-39H,2-4,18-21H2,1H3. The average Bonchev–Trinajstić information content (AvgIpc) is 3.41. The van der Waals surface area contributed by atoms with E-state index in [-0.39, 0.29) is 28.6 Å². The second-order valence-corrected chi connectivity index (χ2v) is 12.0. The molecule has 0 amide bonds. The number of rotatable bonds is 9. The molecule has 2 heterocycles. The number of benzene rings is 4. The lowest BCUT2D eigenvalue weighted by atomic mass is 9.94. The summed E-state index contributed by atoms with van der Waals surface area (Å²) in [6, 6.07) is 24.2. The maximum Gasteiger partial charge on any atom is 0.198 e. The van der Waals surface area contributed by atoms with Gasteiger partial charge in [0.1, 0.15) is 23.9 Å². The molecule has 0 unspecified atom stereocenters. The molecule has 1 fully saturated rings. The van der Waals surface area contributed by atoms with E-state index in [4.69, 9.17) is 4.74 Å². The van der Waals surface area contributed by atoms with Gasteiger partial charge in [0.2, 0.25) is 0 Å². The minimum absolute atomic E-state index is 0.113. The summed E-state index contributed by atoms with van der Waals surface area (Å²) < 4.78 is 6.51. The van der Waals surface area contributed by atoms with Crippen LogP contribution in [0.4, 0.5) is 0 Å². The normalized spacial score (nSPS) is 13.7. The van der Waals surface area contributed by atoms with Crippen molar-refractivity contribution in [1.29, 1.82) is 0 Å². The van der Waals surface area contributed by atoms with E-state index in [1.54, 1.807) is 54.6 Å². The van der Waals surface area contributed by atoms with Crippen molar-refractivity contribution in [2.45, 2.75) is 26.2 Å². The lowest BCUT2D eigenvalue weighted by Gasteiger charge is -2.26. The highest BCUT2D eigenvalue weighted by Crippen LogP contribution is 2.44. The van der Waals surface area contributed by atoms with Gasteiger partial charge in [0.25, 0.3) is 0 Å². The summed E-state index contributed by atoms with van der Waals surface area (Å²) in [4.78, 5) is 30.9. The summed E-state index contributed by atoms with van der Waals surface area (Å²) in [6.45, 7) is 5.62. The Bertz CT molecular complexity index is 1780. The molecule has 1 aromatic heterocycles. The molecule has 7 heteroatoms. The van der Waals surface area contributed by atoms with E-state index in [2.05, 4.69) is 4.90 Å². The quantitative estimate of drug-likeness (QED) is 0.172. The third kappa shape index (κ3) is 6.05. The second kappa shape index (κ2) is 12.4. The Hall–Kier alpha value is -4.46. The smallest absolute Gasteiger partial charge is 0.198 e. The summed E-state index contributed by atoms with van der Waals surface area (Å²) in [5, 5.41) is 21.4. The number of piperidine rings is 1. The molecule has 1 saturated heterocycles. The molecule has 0 saturated carbocycles. The Morgan fingerprint density at radius 3 is 2.26 bits per heavy atom. The van der Waals surface area contributed by atoms with Crippen LogP contribution in [0.2, 0.25) is 0 Å². The van der Waals surface area contributed by atoms with Gasteiger partial charge >= 0.3 is 0 Å². The van der Waals surface area contributed by atoms with Crippen LogP contribution < -0.4 is 4.74 Å². The number of carbonyl (C=O) groups is 2. The van der Waals surface area contributed by atoms with Gasteiger partial charge in [-0.3, -0.25) is 14.5 Å². The van der Waals surface area contributed by atoms with Gasteiger partial charge in [-0.1, -0.05) is 30.2 Å². The van der Waals surface area contributed by atoms with Crippen LogP contribution >= 0.6 is 11.3 Å². The van der Waals surface area contributed by atoms with Crippen LogP contribution in [0.3, 0.4) is 0 Å². The maximum atomic E-state index is 14.2. The number of ether oxygens (including phenoxy) is 1. The number of phenolic OH excluding ortho intramolecular Hbond substituents is 2. The van der Waals surface area contributed by atoms with Gasteiger partial charge in [-0.05, 0) is 105 Å². The summed E-state index contributed by atoms with van der Waals surface area (Å²) in [6.07, 6.45) is 3.77. The molecule has 2 N–H and O–H groups in total. The summed E-state index contributed by atoms with van der Waals surface area (Å²) in [5.41, 5.74) is 3.23. The number of fused-ring (bicyclic) bond motifs is 1. The molecule has 5 aromatic rings. The van der Waals surface area contributed by atoms with E-state index < -0.39 is 0 Å². The number of phenols is 2. The van der Waals surface area contributed by atoms with Crippen LogP contribution in [-0.2, 0) is 0 Å². The van der Waals surface area contributed by atoms with Crippen molar-refractivity contribution in [2.75, 3.05) is 26.2 Å². The molecule has 6 rings (SSSR count). The highest BCUT2D eigenvalue weighted by Gasteiger charge is 2.27. The molecule has 0 spiro atoms. The first kappa shape index (κ1) is 28.6. The van der Waals surface area contributed by atoms with Crippen LogP contribution in [0.25, 0.3) is 20.5 Å². The molecular formula is C36H33NO5S. The molecule has 0 radical (unpaired) electrons. The SMILES string of the molecule is Cc1cccc(C(=O)c2c(O)ccc3c(C(=O)c4ccc(OCCN5CCCCC5)cc4)c(-c4ccc(O)cc4)sc23)c1. The van der Waals surface area contributed by atoms with Crippen molar-refractivity contribution < 1.29 is 24.5 Å². The van der Waals surface area contributed by atoms with Crippen molar-refractivity contribution in [2.24, 2.45) is 0 Å². The number of aryl methyl sites for hydroxylation is 1. The van der Waals surface area contributed by atoms with Crippen molar-refractivity contribution in [3.05, 3.63) is 113 Å². The number of nitrogens with zero attached hydrogens (tertiary/aromatic N) is 1.